The minimum absolute atomic E-state index is 0.157. The molecule has 0 radical (unpaired) electrons. The van der Waals surface area contributed by atoms with E-state index in [1.807, 2.05) is 0 Å². The number of carbonyl (C=O) groups excluding carboxylic acids is 1. The highest BCUT2D eigenvalue weighted by Crippen LogP contribution is 2.45. The number of methoxy groups -OCH3 is 2. The highest BCUT2D eigenvalue weighted by atomic mass is 16.7. The highest BCUT2D eigenvalue weighted by molar-refractivity contribution is 5.76. The van der Waals surface area contributed by atoms with Crippen LogP contribution in [-0.4, -0.2) is 26.3 Å². The van der Waals surface area contributed by atoms with E-state index in [2.05, 4.69) is 27.7 Å². The van der Waals surface area contributed by atoms with Crippen molar-refractivity contribution >= 4 is 5.78 Å². The summed E-state index contributed by atoms with van der Waals surface area (Å²) in [5.41, 5.74) is -0.377. The standard InChI is InChI=1S/C12H24O3/c1-9(13)8-11(2,3)12(4,5)10(14-6)15-7/h10H,8H2,1-7H3. The largest absolute Gasteiger partial charge is 0.355 e. The molecule has 0 amide bonds. The summed E-state index contributed by atoms with van der Waals surface area (Å²) < 4.78 is 10.6. The van der Waals surface area contributed by atoms with Crippen molar-refractivity contribution in [2.45, 2.75) is 47.3 Å². The molecule has 0 saturated heterocycles. The Morgan fingerprint density at radius 1 is 1.13 bits per heavy atom. The fraction of sp³-hybridized carbons (Fsp3) is 0.917. The summed E-state index contributed by atoms with van der Waals surface area (Å²) in [5.74, 6) is 0.194. The Morgan fingerprint density at radius 2 is 1.53 bits per heavy atom. The maximum absolute atomic E-state index is 11.2. The molecule has 0 bridgehead atoms. The second-order valence-corrected chi connectivity index (χ2v) is 5.29. The molecule has 0 aliphatic heterocycles. The van der Waals surface area contributed by atoms with Crippen LogP contribution in [0.5, 0.6) is 0 Å². The first-order valence-corrected chi connectivity index (χ1v) is 5.24. The summed E-state index contributed by atoms with van der Waals surface area (Å²) in [6.07, 6.45) is 0.232. The Labute approximate surface area is 93.1 Å². The number of ether oxygens (including phenoxy) is 2. The van der Waals surface area contributed by atoms with Crippen LogP contribution >= 0.6 is 0 Å². The first kappa shape index (κ1) is 14.6. The van der Waals surface area contributed by atoms with Gasteiger partial charge in [-0.15, -0.1) is 0 Å². The van der Waals surface area contributed by atoms with Crippen LogP contribution in [0.1, 0.15) is 41.0 Å². The molecular weight excluding hydrogens is 192 g/mol. The first-order valence-electron chi connectivity index (χ1n) is 5.24. The van der Waals surface area contributed by atoms with E-state index in [1.54, 1.807) is 21.1 Å². The molecule has 0 rings (SSSR count). The average Bonchev–Trinajstić information content (AvgIpc) is 2.02. The molecule has 0 atom stereocenters. The van der Waals surface area contributed by atoms with Crippen LogP contribution < -0.4 is 0 Å². The van der Waals surface area contributed by atoms with Gasteiger partial charge in [-0.25, -0.2) is 0 Å². The normalized spacial score (nSPS) is 13.3. The van der Waals surface area contributed by atoms with Gasteiger partial charge in [-0.2, -0.15) is 0 Å². The number of ketones is 1. The third-order valence-electron chi connectivity index (χ3n) is 3.45. The summed E-state index contributed by atoms with van der Waals surface area (Å²) in [6, 6.07) is 0. The number of hydrogen-bond acceptors (Lipinski definition) is 3. The lowest BCUT2D eigenvalue weighted by Gasteiger charge is -2.45. The van der Waals surface area contributed by atoms with Crippen molar-refractivity contribution in [3.8, 4) is 0 Å². The molecular formula is C12H24O3. The van der Waals surface area contributed by atoms with E-state index < -0.39 is 0 Å². The molecule has 90 valence electrons. The summed E-state index contributed by atoms with van der Waals surface area (Å²) in [4.78, 5) is 11.2. The van der Waals surface area contributed by atoms with Crippen molar-refractivity contribution in [3.05, 3.63) is 0 Å². The molecule has 15 heavy (non-hydrogen) atoms. The molecule has 0 aliphatic carbocycles. The highest BCUT2D eigenvalue weighted by Gasteiger charge is 2.44. The number of hydrogen-bond donors (Lipinski definition) is 0. The Balaban J connectivity index is 4.88. The summed E-state index contributed by atoms with van der Waals surface area (Å²) in [6.45, 7) is 9.88. The zero-order chi connectivity index (χ0) is 12.3. The molecule has 0 saturated carbocycles. The minimum atomic E-state index is -0.299. The van der Waals surface area contributed by atoms with Gasteiger partial charge >= 0.3 is 0 Å². The Morgan fingerprint density at radius 3 is 1.80 bits per heavy atom. The predicted octanol–water partition coefficient (Wildman–Crippen LogP) is 2.64. The minimum Gasteiger partial charge on any atom is -0.355 e. The Bertz CT molecular complexity index is 215. The van der Waals surface area contributed by atoms with Crippen molar-refractivity contribution in [2.24, 2.45) is 10.8 Å². The maximum Gasteiger partial charge on any atom is 0.162 e. The van der Waals surface area contributed by atoms with Gasteiger partial charge in [0.15, 0.2) is 6.29 Å². The smallest absolute Gasteiger partial charge is 0.162 e. The van der Waals surface area contributed by atoms with Gasteiger partial charge in [0, 0.05) is 26.1 Å². The number of Topliss-reactive ketones (excluding diaryl/α,β-unsaturated/α-hetero) is 1. The average molecular weight is 216 g/mol. The van der Waals surface area contributed by atoms with Crippen LogP contribution in [-0.2, 0) is 14.3 Å². The molecule has 0 spiro atoms. The monoisotopic (exact) mass is 216 g/mol. The van der Waals surface area contributed by atoms with Gasteiger partial charge in [0.2, 0.25) is 0 Å². The van der Waals surface area contributed by atoms with Crippen LogP contribution in [0.4, 0.5) is 0 Å². The van der Waals surface area contributed by atoms with Gasteiger partial charge in [-0.1, -0.05) is 27.7 Å². The second-order valence-electron chi connectivity index (χ2n) is 5.29. The third kappa shape index (κ3) is 3.28. The number of carbonyl (C=O) groups is 1. The SMILES string of the molecule is COC(OC)C(C)(C)C(C)(C)CC(C)=O. The van der Waals surface area contributed by atoms with Crippen molar-refractivity contribution in [2.75, 3.05) is 14.2 Å². The molecule has 0 aliphatic rings. The van der Waals surface area contributed by atoms with E-state index in [0.29, 0.717) is 6.42 Å². The van der Waals surface area contributed by atoms with Gasteiger partial charge < -0.3 is 14.3 Å². The van der Waals surface area contributed by atoms with Crippen molar-refractivity contribution in [1.29, 1.82) is 0 Å². The Kier molecular flexibility index (Phi) is 4.94. The van der Waals surface area contributed by atoms with Crippen molar-refractivity contribution in [3.63, 3.8) is 0 Å². The molecule has 0 aromatic heterocycles. The lowest BCUT2D eigenvalue weighted by molar-refractivity contribution is -0.201. The van der Waals surface area contributed by atoms with Gasteiger partial charge in [0.05, 0.1) is 0 Å². The zero-order valence-electron chi connectivity index (χ0n) is 11.0. The van der Waals surface area contributed by atoms with Crippen LogP contribution in [0.15, 0.2) is 0 Å². The molecule has 0 heterocycles. The van der Waals surface area contributed by atoms with E-state index in [4.69, 9.17) is 9.47 Å². The van der Waals surface area contributed by atoms with Crippen LogP contribution in [0.3, 0.4) is 0 Å². The van der Waals surface area contributed by atoms with Crippen molar-refractivity contribution in [1.82, 2.24) is 0 Å². The van der Waals surface area contributed by atoms with E-state index in [-0.39, 0.29) is 22.9 Å². The number of rotatable bonds is 6. The maximum atomic E-state index is 11.2. The van der Waals surface area contributed by atoms with E-state index in [1.165, 1.54) is 0 Å². The molecule has 0 fully saturated rings. The summed E-state index contributed by atoms with van der Waals surface area (Å²) in [5, 5.41) is 0. The van der Waals surface area contributed by atoms with Crippen LogP contribution in [0, 0.1) is 10.8 Å². The molecule has 0 aromatic rings. The Hall–Kier alpha value is -0.410. The van der Waals surface area contributed by atoms with Gasteiger partial charge in [0.25, 0.3) is 0 Å². The van der Waals surface area contributed by atoms with Gasteiger partial charge in [0.1, 0.15) is 5.78 Å². The summed E-state index contributed by atoms with van der Waals surface area (Å²) in [7, 11) is 3.25. The van der Waals surface area contributed by atoms with E-state index in [9.17, 15) is 4.79 Å². The molecule has 0 aromatic carbocycles. The van der Waals surface area contributed by atoms with Crippen molar-refractivity contribution < 1.29 is 14.3 Å². The second kappa shape index (κ2) is 5.08. The van der Waals surface area contributed by atoms with Gasteiger partial charge in [-0.3, -0.25) is 0 Å². The van der Waals surface area contributed by atoms with Gasteiger partial charge in [-0.05, 0) is 12.3 Å². The lowest BCUT2D eigenvalue weighted by Crippen LogP contribution is -2.45. The third-order valence-corrected chi connectivity index (χ3v) is 3.45. The molecule has 0 N–H and O–H groups in total. The van der Waals surface area contributed by atoms with Crippen LogP contribution in [0.2, 0.25) is 0 Å². The predicted molar refractivity (Wildman–Crippen MR) is 60.7 cm³/mol. The zero-order valence-corrected chi connectivity index (χ0v) is 11.0. The quantitative estimate of drug-likeness (QED) is 0.640. The summed E-state index contributed by atoms with van der Waals surface area (Å²) >= 11 is 0. The first-order chi connectivity index (χ1) is 6.69. The molecule has 3 nitrogen and oxygen atoms in total. The van der Waals surface area contributed by atoms with E-state index >= 15 is 0 Å². The fourth-order valence-electron chi connectivity index (χ4n) is 1.85. The van der Waals surface area contributed by atoms with Crippen LogP contribution in [0.25, 0.3) is 0 Å². The molecule has 0 unspecified atom stereocenters. The topological polar surface area (TPSA) is 35.5 Å². The molecule has 3 heteroatoms. The van der Waals surface area contributed by atoms with E-state index in [0.717, 1.165) is 0 Å². The fourth-order valence-corrected chi connectivity index (χ4v) is 1.85. The lowest BCUT2D eigenvalue weighted by atomic mass is 9.65.